The molecular weight excluding hydrogens is 232 g/mol. The Kier molecular flexibility index (Phi) is 3.67. The molecule has 1 aliphatic rings. The maximum absolute atomic E-state index is 11.2. The van der Waals surface area contributed by atoms with Gasteiger partial charge < -0.3 is 14.2 Å². The quantitative estimate of drug-likeness (QED) is 0.608. The van der Waals surface area contributed by atoms with E-state index in [1.165, 1.54) is 13.2 Å². The van der Waals surface area contributed by atoms with Crippen LogP contribution in [0.2, 0.25) is 0 Å². The van der Waals surface area contributed by atoms with Crippen molar-refractivity contribution in [2.75, 3.05) is 14.2 Å². The monoisotopic (exact) mass is 248 g/mol. The summed E-state index contributed by atoms with van der Waals surface area (Å²) in [7, 11) is 2.95. The summed E-state index contributed by atoms with van der Waals surface area (Å²) in [5.41, 5.74) is 0.945. The molecule has 0 saturated carbocycles. The number of carbonyl (C=O) groups is 1. The molecule has 1 aromatic rings. The van der Waals surface area contributed by atoms with Crippen molar-refractivity contribution in [3.8, 4) is 0 Å². The van der Waals surface area contributed by atoms with E-state index in [4.69, 9.17) is 9.47 Å². The lowest BCUT2D eigenvalue weighted by molar-refractivity contribution is -0.186. The molecule has 18 heavy (non-hydrogen) atoms. The van der Waals surface area contributed by atoms with Gasteiger partial charge in [-0.2, -0.15) is 0 Å². The first-order valence-electron chi connectivity index (χ1n) is 5.78. The molecule has 0 amide bonds. The Morgan fingerprint density at radius 1 is 1.33 bits per heavy atom. The normalized spacial score (nSPS) is 24.9. The Hall–Kier alpha value is -1.81. The third kappa shape index (κ3) is 2.38. The van der Waals surface area contributed by atoms with Gasteiger partial charge in [-0.05, 0) is 0 Å². The Labute approximate surface area is 106 Å². The summed E-state index contributed by atoms with van der Waals surface area (Å²) in [6.45, 7) is 0. The SMILES string of the molecule is COC(=O)/C=C1/CC[C@](OC)(c2ccccc2)O1. The van der Waals surface area contributed by atoms with E-state index >= 15 is 0 Å². The van der Waals surface area contributed by atoms with E-state index in [9.17, 15) is 4.79 Å². The summed E-state index contributed by atoms with van der Waals surface area (Å²) in [5.74, 6) is -0.612. The molecule has 1 heterocycles. The number of hydrogen-bond acceptors (Lipinski definition) is 4. The molecule has 1 saturated heterocycles. The molecule has 96 valence electrons. The average molecular weight is 248 g/mol. The van der Waals surface area contributed by atoms with Crippen LogP contribution in [0, 0.1) is 0 Å². The summed E-state index contributed by atoms with van der Waals surface area (Å²) in [5, 5.41) is 0. The zero-order chi connectivity index (χ0) is 13.0. The lowest BCUT2D eigenvalue weighted by Gasteiger charge is -2.27. The molecule has 1 atom stereocenters. The fraction of sp³-hybridized carbons (Fsp3) is 0.357. The first-order chi connectivity index (χ1) is 8.70. The lowest BCUT2D eigenvalue weighted by Crippen LogP contribution is -2.26. The zero-order valence-electron chi connectivity index (χ0n) is 10.5. The Balaban J connectivity index is 2.23. The molecule has 0 radical (unpaired) electrons. The number of ether oxygens (including phenoxy) is 3. The van der Waals surface area contributed by atoms with E-state index < -0.39 is 11.8 Å². The largest absolute Gasteiger partial charge is 0.466 e. The summed E-state index contributed by atoms with van der Waals surface area (Å²) < 4.78 is 15.9. The smallest absolute Gasteiger partial charge is 0.333 e. The van der Waals surface area contributed by atoms with Gasteiger partial charge in [0, 0.05) is 25.5 Å². The molecule has 0 unspecified atom stereocenters. The second-order valence-electron chi connectivity index (χ2n) is 4.06. The fourth-order valence-corrected chi connectivity index (χ4v) is 2.05. The number of carbonyl (C=O) groups excluding carboxylic acids is 1. The van der Waals surface area contributed by atoms with Crippen LogP contribution in [0.4, 0.5) is 0 Å². The van der Waals surface area contributed by atoms with Gasteiger partial charge in [0.1, 0.15) is 5.76 Å². The van der Waals surface area contributed by atoms with Crippen LogP contribution < -0.4 is 0 Å². The summed E-state index contributed by atoms with van der Waals surface area (Å²) in [4.78, 5) is 11.2. The van der Waals surface area contributed by atoms with Crippen LogP contribution in [0.3, 0.4) is 0 Å². The standard InChI is InChI=1S/C14H16O4/c1-16-13(15)10-12-8-9-14(17-2,18-12)11-6-4-3-5-7-11/h3-7,10H,8-9H2,1-2H3/b12-10-/t14-/m1/s1. The van der Waals surface area contributed by atoms with E-state index in [0.29, 0.717) is 18.6 Å². The number of hydrogen-bond donors (Lipinski definition) is 0. The molecule has 0 N–H and O–H groups in total. The van der Waals surface area contributed by atoms with Crippen LogP contribution in [0.5, 0.6) is 0 Å². The van der Waals surface area contributed by atoms with Crippen LogP contribution in [0.1, 0.15) is 18.4 Å². The fourth-order valence-electron chi connectivity index (χ4n) is 2.05. The summed E-state index contributed by atoms with van der Waals surface area (Å²) in [6.07, 6.45) is 2.69. The number of esters is 1. The minimum absolute atomic E-state index is 0.412. The second kappa shape index (κ2) is 5.23. The Morgan fingerprint density at radius 2 is 2.06 bits per heavy atom. The van der Waals surface area contributed by atoms with E-state index in [2.05, 4.69) is 4.74 Å². The third-order valence-corrected chi connectivity index (χ3v) is 3.02. The van der Waals surface area contributed by atoms with Gasteiger partial charge in [-0.1, -0.05) is 30.3 Å². The van der Waals surface area contributed by atoms with Crippen molar-refractivity contribution < 1.29 is 19.0 Å². The zero-order valence-corrected chi connectivity index (χ0v) is 10.5. The van der Waals surface area contributed by atoms with Gasteiger partial charge >= 0.3 is 5.97 Å². The van der Waals surface area contributed by atoms with Crippen LogP contribution in [-0.4, -0.2) is 20.2 Å². The number of allylic oxidation sites excluding steroid dienone is 1. The van der Waals surface area contributed by atoms with E-state index in [1.807, 2.05) is 30.3 Å². The highest BCUT2D eigenvalue weighted by Gasteiger charge is 2.40. The van der Waals surface area contributed by atoms with E-state index in [-0.39, 0.29) is 0 Å². The van der Waals surface area contributed by atoms with Gasteiger partial charge in [-0.3, -0.25) is 0 Å². The maximum atomic E-state index is 11.2. The molecule has 1 fully saturated rings. The lowest BCUT2D eigenvalue weighted by atomic mass is 10.0. The number of rotatable bonds is 3. The molecule has 4 heteroatoms. The van der Waals surface area contributed by atoms with Crippen LogP contribution in [0.15, 0.2) is 42.2 Å². The second-order valence-corrected chi connectivity index (χ2v) is 4.06. The van der Waals surface area contributed by atoms with E-state index in [1.54, 1.807) is 7.11 Å². The molecule has 2 rings (SSSR count). The van der Waals surface area contributed by atoms with Crippen molar-refractivity contribution in [2.45, 2.75) is 18.6 Å². The first-order valence-corrected chi connectivity index (χ1v) is 5.78. The summed E-state index contributed by atoms with van der Waals surface area (Å²) >= 11 is 0. The number of benzene rings is 1. The van der Waals surface area contributed by atoms with Gasteiger partial charge in [-0.25, -0.2) is 4.79 Å². The summed E-state index contributed by atoms with van der Waals surface area (Å²) in [6, 6.07) is 9.70. The van der Waals surface area contributed by atoms with Crippen molar-refractivity contribution in [1.82, 2.24) is 0 Å². The first kappa shape index (κ1) is 12.6. The highest BCUT2D eigenvalue weighted by atomic mass is 16.7. The Morgan fingerprint density at radius 3 is 2.67 bits per heavy atom. The minimum Gasteiger partial charge on any atom is -0.466 e. The highest BCUT2D eigenvalue weighted by molar-refractivity contribution is 5.82. The van der Waals surface area contributed by atoms with Crippen LogP contribution in [0.25, 0.3) is 0 Å². The minimum atomic E-state index is -0.791. The molecule has 1 aliphatic heterocycles. The predicted octanol–water partition coefficient (Wildman–Crippen LogP) is 2.35. The van der Waals surface area contributed by atoms with E-state index in [0.717, 1.165) is 5.56 Å². The molecular formula is C14H16O4. The average Bonchev–Trinajstić information content (AvgIpc) is 2.84. The van der Waals surface area contributed by atoms with Gasteiger partial charge in [0.25, 0.3) is 0 Å². The Bertz CT molecular complexity index is 452. The van der Waals surface area contributed by atoms with Gasteiger partial charge in [-0.15, -0.1) is 0 Å². The van der Waals surface area contributed by atoms with Crippen molar-refractivity contribution in [3.63, 3.8) is 0 Å². The van der Waals surface area contributed by atoms with Crippen molar-refractivity contribution in [1.29, 1.82) is 0 Å². The van der Waals surface area contributed by atoms with Crippen molar-refractivity contribution in [3.05, 3.63) is 47.7 Å². The van der Waals surface area contributed by atoms with Crippen LogP contribution in [-0.2, 0) is 24.8 Å². The predicted molar refractivity (Wildman–Crippen MR) is 65.5 cm³/mol. The highest BCUT2D eigenvalue weighted by Crippen LogP contribution is 2.41. The molecule has 0 spiro atoms. The van der Waals surface area contributed by atoms with Gasteiger partial charge in [0.05, 0.1) is 13.2 Å². The molecule has 1 aromatic carbocycles. The number of methoxy groups -OCH3 is 2. The molecule has 0 aliphatic carbocycles. The topological polar surface area (TPSA) is 44.8 Å². The van der Waals surface area contributed by atoms with Gasteiger partial charge in [0.15, 0.2) is 0 Å². The maximum Gasteiger partial charge on any atom is 0.333 e. The van der Waals surface area contributed by atoms with Crippen molar-refractivity contribution in [2.24, 2.45) is 0 Å². The molecule has 0 aromatic heterocycles. The van der Waals surface area contributed by atoms with Crippen LogP contribution >= 0.6 is 0 Å². The van der Waals surface area contributed by atoms with Gasteiger partial charge in [0.2, 0.25) is 5.79 Å². The third-order valence-electron chi connectivity index (χ3n) is 3.02. The molecule has 0 bridgehead atoms. The molecule has 4 nitrogen and oxygen atoms in total. The van der Waals surface area contributed by atoms with Crippen molar-refractivity contribution >= 4 is 5.97 Å².